The van der Waals surface area contributed by atoms with Gasteiger partial charge in [-0.3, -0.25) is 9.59 Å². The molecule has 4 heteroatoms. The lowest BCUT2D eigenvalue weighted by atomic mass is 9.90. The van der Waals surface area contributed by atoms with Crippen LogP contribution in [0.4, 0.5) is 5.69 Å². The molecule has 0 saturated heterocycles. The monoisotopic (exact) mass is 336 g/mol. The Kier molecular flexibility index (Phi) is 5.49. The minimum Gasteiger partial charge on any atom is -0.343 e. The highest BCUT2D eigenvalue weighted by atomic mass is 16.2. The summed E-state index contributed by atoms with van der Waals surface area (Å²) in [4.78, 5) is 24.4. The molecule has 0 aromatic heterocycles. The third-order valence-electron chi connectivity index (χ3n) is 4.69. The fourth-order valence-corrected chi connectivity index (χ4v) is 3.28. The fourth-order valence-electron chi connectivity index (χ4n) is 3.28. The van der Waals surface area contributed by atoms with Crippen LogP contribution in [0.25, 0.3) is 0 Å². The van der Waals surface area contributed by atoms with Gasteiger partial charge in [-0.05, 0) is 67.0 Å². The number of benzene rings is 2. The van der Waals surface area contributed by atoms with Crippen LogP contribution in [0.1, 0.15) is 46.8 Å². The molecule has 0 fully saturated rings. The molecule has 1 aliphatic carbocycles. The first-order valence-electron chi connectivity index (χ1n) is 8.95. The van der Waals surface area contributed by atoms with Crippen molar-refractivity contribution >= 4 is 17.5 Å². The highest BCUT2D eigenvalue weighted by molar-refractivity contribution is 5.99. The largest absolute Gasteiger partial charge is 0.343 e. The van der Waals surface area contributed by atoms with Gasteiger partial charge in [0.05, 0.1) is 6.54 Å². The summed E-state index contributed by atoms with van der Waals surface area (Å²) >= 11 is 0. The van der Waals surface area contributed by atoms with E-state index in [1.165, 1.54) is 24.0 Å². The Morgan fingerprint density at radius 3 is 2.56 bits per heavy atom. The molecule has 3 rings (SSSR count). The summed E-state index contributed by atoms with van der Waals surface area (Å²) in [6.07, 6.45) is 5.37. The van der Waals surface area contributed by atoms with Crippen LogP contribution in [0.5, 0.6) is 0 Å². The molecular weight excluding hydrogens is 312 g/mol. The first kappa shape index (κ1) is 17.2. The Bertz CT molecular complexity index is 783. The Balaban J connectivity index is 1.57. The summed E-state index contributed by atoms with van der Waals surface area (Å²) in [5, 5.41) is 5.58. The van der Waals surface area contributed by atoms with Crippen molar-refractivity contribution in [2.75, 3.05) is 11.9 Å². The van der Waals surface area contributed by atoms with Crippen LogP contribution in [-0.4, -0.2) is 18.4 Å². The van der Waals surface area contributed by atoms with E-state index in [1.54, 1.807) is 0 Å². The number of carbonyl (C=O) groups is 2. The van der Waals surface area contributed by atoms with Gasteiger partial charge in [0.2, 0.25) is 5.91 Å². The number of anilines is 1. The number of nitrogens with one attached hydrogen (secondary N) is 2. The van der Waals surface area contributed by atoms with E-state index in [2.05, 4.69) is 10.6 Å². The van der Waals surface area contributed by atoms with Crippen LogP contribution in [0, 0.1) is 0 Å². The predicted molar refractivity (Wildman–Crippen MR) is 99.9 cm³/mol. The molecule has 4 nitrogen and oxygen atoms in total. The number of hydrogen-bond donors (Lipinski definition) is 2. The van der Waals surface area contributed by atoms with Gasteiger partial charge in [0.25, 0.3) is 5.91 Å². The molecule has 2 aromatic rings. The third-order valence-corrected chi connectivity index (χ3v) is 4.69. The minimum absolute atomic E-state index is 0.0338. The van der Waals surface area contributed by atoms with E-state index < -0.39 is 0 Å². The van der Waals surface area contributed by atoms with Crippen molar-refractivity contribution < 1.29 is 9.59 Å². The van der Waals surface area contributed by atoms with Gasteiger partial charge in [-0.15, -0.1) is 0 Å². The maximum atomic E-state index is 12.3. The predicted octanol–water partition coefficient (Wildman–Crippen LogP) is 3.50. The van der Waals surface area contributed by atoms with Crippen molar-refractivity contribution in [2.24, 2.45) is 0 Å². The fraction of sp³-hybridized carbons (Fsp3) is 0.333. The van der Waals surface area contributed by atoms with E-state index in [1.807, 2.05) is 49.4 Å². The molecule has 0 heterocycles. The quantitative estimate of drug-likeness (QED) is 0.878. The summed E-state index contributed by atoms with van der Waals surface area (Å²) in [7, 11) is 0. The van der Waals surface area contributed by atoms with E-state index in [4.69, 9.17) is 0 Å². The van der Waals surface area contributed by atoms with E-state index in [-0.39, 0.29) is 18.4 Å². The molecule has 0 spiro atoms. The summed E-state index contributed by atoms with van der Waals surface area (Å²) in [6, 6.07) is 13.6. The number of amides is 2. The smallest absolute Gasteiger partial charge is 0.251 e. The maximum Gasteiger partial charge on any atom is 0.251 e. The highest BCUT2D eigenvalue weighted by Crippen LogP contribution is 2.22. The second-order valence-electron chi connectivity index (χ2n) is 6.43. The Labute approximate surface area is 148 Å². The molecule has 0 unspecified atom stereocenters. The van der Waals surface area contributed by atoms with Crippen LogP contribution < -0.4 is 10.6 Å². The zero-order chi connectivity index (χ0) is 17.6. The van der Waals surface area contributed by atoms with E-state index in [0.29, 0.717) is 5.56 Å². The van der Waals surface area contributed by atoms with Crippen LogP contribution in [0.2, 0.25) is 0 Å². The minimum atomic E-state index is -0.216. The van der Waals surface area contributed by atoms with Crippen LogP contribution in [0.15, 0.2) is 42.5 Å². The molecule has 2 amide bonds. The second-order valence-corrected chi connectivity index (χ2v) is 6.43. The Hall–Kier alpha value is -2.62. The van der Waals surface area contributed by atoms with Crippen LogP contribution in [0.3, 0.4) is 0 Å². The van der Waals surface area contributed by atoms with Gasteiger partial charge in [0, 0.05) is 11.3 Å². The number of rotatable bonds is 5. The van der Waals surface area contributed by atoms with E-state index in [9.17, 15) is 9.59 Å². The van der Waals surface area contributed by atoms with Gasteiger partial charge in [0.15, 0.2) is 0 Å². The van der Waals surface area contributed by atoms with E-state index in [0.717, 1.165) is 30.5 Å². The molecule has 0 aliphatic heterocycles. The molecule has 2 aromatic carbocycles. The van der Waals surface area contributed by atoms with Gasteiger partial charge in [0.1, 0.15) is 0 Å². The number of carbonyl (C=O) groups excluding carboxylic acids is 2. The molecule has 0 atom stereocenters. The normalized spacial score (nSPS) is 13.0. The molecule has 130 valence electrons. The van der Waals surface area contributed by atoms with Crippen molar-refractivity contribution in [3.8, 4) is 0 Å². The van der Waals surface area contributed by atoms with Gasteiger partial charge >= 0.3 is 0 Å². The maximum absolute atomic E-state index is 12.3. The molecule has 0 radical (unpaired) electrons. The van der Waals surface area contributed by atoms with Crippen molar-refractivity contribution in [2.45, 2.75) is 39.0 Å². The first-order valence-corrected chi connectivity index (χ1v) is 8.95. The summed E-state index contributed by atoms with van der Waals surface area (Å²) in [5.74, 6) is -0.417. The molecular formula is C21H24N2O2. The zero-order valence-electron chi connectivity index (χ0n) is 14.6. The third kappa shape index (κ3) is 4.27. The molecule has 25 heavy (non-hydrogen) atoms. The van der Waals surface area contributed by atoms with Crippen LogP contribution >= 0.6 is 0 Å². The molecule has 1 aliphatic rings. The van der Waals surface area contributed by atoms with Gasteiger partial charge in [-0.2, -0.15) is 0 Å². The first-order chi connectivity index (χ1) is 12.2. The lowest BCUT2D eigenvalue weighted by molar-refractivity contribution is -0.115. The van der Waals surface area contributed by atoms with Crippen LogP contribution in [-0.2, 0) is 24.1 Å². The standard InChI is InChI=1S/C21H24N2O2/c1-2-15-7-5-6-10-19(15)23-20(24)14-22-21(25)18-12-11-16-8-3-4-9-17(16)13-18/h5-7,10-13H,2-4,8-9,14H2,1H3,(H,22,25)(H,23,24). The lowest BCUT2D eigenvalue weighted by Gasteiger charge is -2.16. The van der Waals surface area contributed by atoms with Crippen molar-refractivity contribution in [3.05, 3.63) is 64.7 Å². The van der Waals surface area contributed by atoms with Gasteiger partial charge in [-0.1, -0.05) is 31.2 Å². The summed E-state index contributed by atoms with van der Waals surface area (Å²) < 4.78 is 0. The summed E-state index contributed by atoms with van der Waals surface area (Å²) in [6.45, 7) is 2.01. The van der Waals surface area contributed by atoms with Crippen molar-refractivity contribution in [1.82, 2.24) is 5.32 Å². The number of fused-ring (bicyclic) bond motifs is 1. The van der Waals surface area contributed by atoms with Gasteiger partial charge in [-0.25, -0.2) is 0 Å². The van der Waals surface area contributed by atoms with E-state index >= 15 is 0 Å². The number of para-hydroxylation sites is 1. The Morgan fingerprint density at radius 1 is 1.00 bits per heavy atom. The molecule has 0 saturated carbocycles. The summed E-state index contributed by atoms with van der Waals surface area (Å²) in [5.41, 5.74) is 5.12. The zero-order valence-corrected chi connectivity index (χ0v) is 14.6. The topological polar surface area (TPSA) is 58.2 Å². The highest BCUT2D eigenvalue weighted by Gasteiger charge is 2.14. The number of hydrogen-bond acceptors (Lipinski definition) is 2. The number of aryl methyl sites for hydroxylation is 3. The second kappa shape index (κ2) is 7.97. The van der Waals surface area contributed by atoms with Gasteiger partial charge < -0.3 is 10.6 Å². The van der Waals surface area contributed by atoms with Crippen molar-refractivity contribution in [1.29, 1.82) is 0 Å². The molecule has 0 bridgehead atoms. The Morgan fingerprint density at radius 2 is 1.76 bits per heavy atom. The SMILES string of the molecule is CCc1ccccc1NC(=O)CNC(=O)c1ccc2c(c1)CCCC2. The average Bonchev–Trinajstić information content (AvgIpc) is 2.66. The molecule has 2 N–H and O–H groups in total. The average molecular weight is 336 g/mol. The lowest BCUT2D eigenvalue weighted by Crippen LogP contribution is -2.33. The van der Waals surface area contributed by atoms with Crippen molar-refractivity contribution in [3.63, 3.8) is 0 Å².